The van der Waals surface area contributed by atoms with E-state index in [9.17, 15) is 9.59 Å². The van der Waals surface area contributed by atoms with Gasteiger partial charge >= 0.3 is 0 Å². The van der Waals surface area contributed by atoms with Crippen LogP contribution in [0.1, 0.15) is 12.5 Å². The van der Waals surface area contributed by atoms with Gasteiger partial charge in [0.2, 0.25) is 0 Å². The van der Waals surface area contributed by atoms with E-state index in [1.54, 1.807) is 22.9 Å². The first kappa shape index (κ1) is 11.9. The van der Waals surface area contributed by atoms with Crippen LogP contribution in [0, 0.1) is 6.92 Å². The minimum Gasteiger partial charge on any atom is -0.340 e. The Morgan fingerprint density at radius 1 is 1.41 bits per heavy atom. The number of benzene rings is 1. The van der Waals surface area contributed by atoms with Crippen LogP contribution in [0.15, 0.2) is 29.2 Å². The van der Waals surface area contributed by atoms with Crippen LogP contribution in [0.5, 0.6) is 0 Å². The van der Waals surface area contributed by atoms with E-state index < -0.39 is 0 Å². The van der Waals surface area contributed by atoms with Crippen LogP contribution >= 0.6 is 11.6 Å². The van der Waals surface area contributed by atoms with E-state index >= 15 is 0 Å². The van der Waals surface area contributed by atoms with E-state index in [0.717, 1.165) is 11.1 Å². The zero-order valence-corrected chi connectivity index (χ0v) is 10.4. The molecule has 0 unspecified atom stereocenters. The molecule has 0 atom stereocenters. The molecule has 0 fully saturated rings. The average molecular weight is 250 g/mol. The molecule has 0 saturated carbocycles. The molecule has 0 amide bonds. The third-order valence-electron chi connectivity index (χ3n) is 2.62. The van der Waals surface area contributed by atoms with E-state index in [-0.39, 0.29) is 17.8 Å². The highest BCUT2D eigenvalue weighted by Crippen LogP contribution is 2.21. The van der Waals surface area contributed by atoms with Crippen molar-refractivity contribution in [3.63, 3.8) is 0 Å². The molecule has 2 aromatic rings. The summed E-state index contributed by atoms with van der Waals surface area (Å²) in [4.78, 5) is 23.0. The summed E-state index contributed by atoms with van der Waals surface area (Å²) in [5.74, 6) is 0.0456. The highest BCUT2D eigenvalue weighted by molar-refractivity contribution is 6.31. The second-order valence-corrected chi connectivity index (χ2v) is 4.57. The van der Waals surface area contributed by atoms with E-state index in [0.29, 0.717) is 10.4 Å². The van der Waals surface area contributed by atoms with Crippen molar-refractivity contribution in [2.24, 2.45) is 0 Å². The highest BCUT2D eigenvalue weighted by Gasteiger charge is 2.08. The molecule has 1 aromatic carbocycles. The molecule has 4 heteroatoms. The zero-order valence-electron chi connectivity index (χ0n) is 9.66. The minimum atomic E-state index is -0.0783. The number of hydrogen-bond acceptors (Lipinski definition) is 2. The van der Waals surface area contributed by atoms with Crippen molar-refractivity contribution in [3.05, 3.63) is 45.2 Å². The number of carbonyl (C=O) groups excluding carboxylic acids is 1. The summed E-state index contributed by atoms with van der Waals surface area (Å²) in [6.07, 6.45) is 1.65. The molecule has 0 aliphatic heterocycles. The van der Waals surface area contributed by atoms with Gasteiger partial charge in [-0.1, -0.05) is 11.6 Å². The van der Waals surface area contributed by atoms with Crippen molar-refractivity contribution < 1.29 is 4.79 Å². The molecule has 0 radical (unpaired) electrons. The number of Topliss-reactive ketones (excluding diaryl/α,β-unsaturated/α-hetero) is 1. The molecule has 1 aromatic heterocycles. The SMILES string of the molecule is CC(=O)Cn1ccc(=O)c2cc(Cl)cc(C)c21. The van der Waals surface area contributed by atoms with E-state index in [1.807, 2.05) is 6.92 Å². The molecular weight excluding hydrogens is 238 g/mol. The van der Waals surface area contributed by atoms with Gasteiger partial charge in [-0.05, 0) is 31.5 Å². The summed E-state index contributed by atoms with van der Waals surface area (Å²) in [6, 6.07) is 4.89. The number of fused-ring (bicyclic) bond motifs is 1. The number of halogens is 1. The predicted octanol–water partition coefficient (Wildman–Crippen LogP) is 2.55. The number of aryl methyl sites for hydroxylation is 1. The van der Waals surface area contributed by atoms with Crippen LogP contribution in [-0.2, 0) is 11.3 Å². The number of pyridine rings is 1. The maximum atomic E-state index is 11.8. The van der Waals surface area contributed by atoms with Gasteiger partial charge in [0.1, 0.15) is 5.78 Å². The van der Waals surface area contributed by atoms with Crippen molar-refractivity contribution in [1.29, 1.82) is 0 Å². The summed E-state index contributed by atoms with van der Waals surface area (Å²) in [5.41, 5.74) is 1.59. The monoisotopic (exact) mass is 249 g/mol. The first-order chi connectivity index (χ1) is 7.99. The maximum Gasteiger partial charge on any atom is 0.189 e. The van der Waals surface area contributed by atoms with Crippen molar-refractivity contribution in [1.82, 2.24) is 4.57 Å². The molecule has 2 rings (SSSR count). The van der Waals surface area contributed by atoms with Gasteiger partial charge in [0.25, 0.3) is 0 Å². The van der Waals surface area contributed by atoms with Crippen molar-refractivity contribution in [2.45, 2.75) is 20.4 Å². The van der Waals surface area contributed by atoms with Crippen molar-refractivity contribution in [3.8, 4) is 0 Å². The smallest absolute Gasteiger partial charge is 0.189 e. The van der Waals surface area contributed by atoms with E-state index in [4.69, 9.17) is 11.6 Å². The maximum absolute atomic E-state index is 11.8. The fourth-order valence-corrected chi connectivity index (χ4v) is 2.27. The van der Waals surface area contributed by atoms with E-state index in [1.165, 1.54) is 13.0 Å². The summed E-state index contributed by atoms with van der Waals surface area (Å²) in [6.45, 7) is 3.67. The Bertz CT molecular complexity index is 658. The van der Waals surface area contributed by atoms with Crippen LogP contribution in [-0.4, -0.2) is 10.4 Å². The summed E-state index contributed by atoms with van der Waals surface area (Å²) in [5, 5.41) is 1.09. The highest BCUT2D eigenvalue weighted by atomic mass is 35.5. The summed E-state index contributed by atoms with van der Waals surface area (Å²) < 4.78 is 1.78. The van der Waals surface area contributed by atoms with Gasteiger partial charge in [0.15, 0.2) is 5.43 Å². The lowest BCUT2D eigenvalue weighted by atomic mass is 10.1. The van der Waals surface area contributed by atoms with Crippen molar-refractivity contribution in [2.75, 3.05) is 0 Å². The average Bonchev–Trinajstić information content (AvgIpc) is 2.21. The van der Waals surface area contributed by atoms with Crippen LogP contribution in [0.2, 0.25) is 5.02 Å². The lowest BCUT2D eigenvalue weighted by Crippen LogP contribution is -2.13. The molecule has 0 bridgehead atoms. The van der Waals surface area contributed by atoms with Gasteiger partial charge in [0.05, 0.1) is 12.1 Å². The Labute approximate surface area is 104 Å². The Morgan fingerprint density at radius 2 is 2.12 bits per heavy atom. The zero-order chi connectivity index (χ0) is 12.6. The molecule has 0 spiro atoms. The Kier molecular flexibility index (Phi) is 3.03. The third kappa shape index (κ3) is 2.24. The van der Waals surface area contributed by atoms with Crippen LogP contribution < -0.4 is 5.43 Å². The number of rotatable bonds is 2. The molecule has 0 N–H and O–H groups in total. The van der Waals surface area contributed by atoms with Crippen LogP contribution in [0.3, 0.4) is 0 Å². The number of hydrogen-bond donors (Lipinski definition) is 0. The quantitative estimate of drug-likeness (QED) is 0.821. The molecule has 17 heavy (non-hydrogen) atoms. The predicted molar refractivity (Wildman–Crippen MR) is 68.6 cm³/mol. The second kappa shape index (κ2) is 4.34. The van der Waals surface area contributed by atoms with Gasteiger partial charge in [-0.25, -0.2) is 0 Å². The first-order valence-electron chi connectivity index (χ1n) is 5.28. The normalized spacial score (nSPS) is 10.8. The summed E-state index contributed by atoms with van der Waals surface area (Å²) >= 11 is 5.94. The Hall–Kier alpha value is -1.61. The fraction of sp³-hybridized carbons (Fsp3) is 0.231. The van der Waals surface area contributed by atoms with Gasteiger partial charge in [-0.2, -0.15) is 0 Å². The molecule has 0 saturated heterocycles. The standard InChI is InChI=1S/C13H12ClNO2/c1-8-5-10(14)6-11-12(17)3-4-15(13(8)11)7-9(2)16/h3-6H,7H2,1-2H3. The van der Waals surface area contributed by atoms with Gasteiger partial charge < -0.3 is 4.57 Å². The van der Waals surface area contributed by atoms with Gasteiger partial charge in [-0.3, -0.25) is 9.59 Å². The molecule has 88 valence electrons. The van der Waals surface area contributed by atoms with Crippen LogP contribution in [0.4, 0.5) is 0 Å². The largest absolute Gasteiger partial charge is 0.340 e. The molecule has 0 aliphatic rings. The molecule has 0 aliphatic carbocycles. The summed E-state index contributed by atoms with van der Waals surface area (Å²) in [7, 11) is 0. The molecule has 1 heterocycles. The lowest BCUT2D eigenvalue weighted by Gasteiger charge is -2.11. The fourth-order valence-electron chi connectivity index (χ4n) is 2.00. The number of aromatic nitrogens is 1. The minimum absolute atomic E-state index is 0.0456. The Balaban J connectivity index is 2.84. The number of carbonyl (C=O) groups is 1. The van der Waals surface area contributed by atoms with E-state index in [2.05, 4.69) is 0 Å². The molecular formula is C13H12ClNO2. The Morgan fingerprint density at radius 3 is 2.76 bits per heavy atom. The lowest BCUT2D eigenvalue weighted by molar-refractivity contribution is -0.117. The first-order valence-corrected chi connectivity index (χ1v) is 5.65. The molecule has 3 nitrogen and oxygen atoms in total. The topological polar surface area (TPSA) is 39.1 Å². The van der Waals surface area contributed by atoms with Gasteiger partial charge in [-0.15, -0.1) is 0 Å². The third-order valence-corrected chi connectivity index (χ3v) is 2.84. The van der Waals surface area contributed by atoms with Crippen molar-refractivity contribution >= 4 is 28.3 Å². The number of ketones is 1. The van der Waals surface area contributed by atoms with Gasteiger partial charge in [0, 0.05) is 22.7 Å². The second-order valence-electron chi connectivity index (χ2n) is 4.13. The van der Waals surface area contributed by atoms with Crippen LogP contribution in [0.25, 0.3) is 10.9 Å². The number of nitrogens with zero attached hydrogens (tertiary/aromatic N) is 1.